The summed E-state index contributed by atoms with van der Waals surface area (Å²) in [6.07, 6.45) is 4.42. The fourth-order valence-electron chi connectivity index (χ4n) is 1.68. The Labute approximate surface area is 125 Å². The third kappa shape index (κ3) is 3.01. The molecule has 1 N–H and O–H groups in total. The van der Waals surface area contributed by atoms with Crippen molar-refractivity contribution in [3.8, 4) is 5.69 Å². The number of rotatable bonds is 5. The zero-order valence-electron chi connectivity index (χ0n) is 11.0. The van der Waals surface area contributed by atoms with Crippen molar-refractivity contribution in [3.05, 3.63) is 41.1 Å². The molecular weight excluding hydrogens is 312 g/mol. The van der Waals surface area contributed by atoms with Crippen LogP contribution in [0.3, 0.4) is 0 Å². The number of hydrogen-bond acceptors (Lipinski definition) is 6. The van der Waals surface area contributed by atoms with Gasteiger partial charge >= 0.3 is 0 Å². The highest BCUT2D eigenvalue weighted by molar-refractivity contribution is 7.89. The van der Waals surface area contributed by atoms with Crippen LogP contribution in [0, 0.1) is 0 Å². The minimum atomic E-state index is -3.59. The summed E-state index contributed by atoms with van der Waals surface area (Å²) in [5.74, 6) is 0. The molecule has 0 saturated heterocycles. The summed E-state index contributed by atoms with van der Waals surface area (Å²) in [6.45, 7) is 0.0708. The van der Waals surface area contributed by atoms with Crippen LogP contribution in [0.4, 0.5) is 0 Å². The molecule has 110 valence electrons. The van der Waals surface area contributed by atoms with E-state index in [0.717, 1.165) is 5.69 Å². The molecule has 0 aliphatic carbocycles. The summed E-state index contributed by atoms with van der Waals surface area (Å²) in [5, 5.41) is 15.6. The predicted octanol–water partition coefficient (Wildman–Crippen LogP) is 0.541. The van der Waals surface area contributed by atoms with E-state index in [1.54, 1.807) is 29.3 Å². The lowest BCUT2D eigenvalue weighted by Crippen LogP contribution is -2.23. The average molecular weight is 324 g/mol. The zero-order valence-corrected chi connectivity index (χ0v) is 12.7. The van der Waals surface area contributed by atoms with Crippen molar-refractivity contribution >= 4 is 21.4 Å². The molecule has 0 unspecified atom stereocenters. The van der Waals surface area contributed by atoms with E-state index in [1.165, 1.54) is 17.1 Å². The predicted molar refractivity (Wildman–Crippen MR) is 76.5 cm³/mol. The van der Waals surface area contributed by atoms with Gasteiger partial charge in [-0.15, -0.1) is 5.10 Å². The van der Waals surface area contributed by atoms with Crippen molar-refractivity contribution in [2.75, 3.05) is 0 Å². The van der Waals surface area contributed by atoms with Crippen molar-refractivity contribution in [1.82, 2.24) is 29.5 Å². The van der Waals surface area contributed by atoms with E-state index in [1.807, 2.05) is 16.8 Å². The standard InChI is InChI=1S/C11H12N6O2S2/c1-16-7-11(5-12-16)21(18,19)13-4-9-6-17(15-14-9)10-2-3-20-8-10/h2-3,5-8,13H,4H2,1H3. The highest BCUT2D eigenvalue weighted by atomic mass is 32.2. The van der Waals surface area contributed by atoms with Crippen molar-refractivity contribution in [2.24, 2.45) is 7.05 Å². The minimum absolute atomic E-state index is 0.0708. The van der Waals surface area contributed by atoms with Gasteiger partial charge in [0.25, 0.3) is 0 Å². The van der Waals surface area contributed by atoms with Gasteiger partial charge in [0.2, 0.25) is 10.0 Å². The summed E-state index contributed by atoms with van der Waals surface area (Å²) < 4.78 is 29.6. The molecule has 0 spiro atoms. The lowest BCUT2D eigenvalue weighted by atomic mass is 10.5. The fourth-order valence-corrected chi connectivity index (χ4v) is 3.29. The van der Waals surface area contributed by atoms with Crippen LogP contribution in [-0.2, 0) is 23.6 Å². The van der Waals surface area contributed by atoms with E-state index < -0.39 is 10.0 Å². The maximum absolute atomic E-state index is 12.0. The van der Waals surface area contributed by atoms with E-state index in [0.29, 0.717) is 5.69 Å². The van der Waals surface area contributed by atoms with Gasteiger partial charge in [-0.05, 0) is 11.4 Å². The monoisotopic (exact) mass is 324 g/mol. The Morgan fingerprint density at radius 3 is 2.90 bits per heavy atom. The van der Waals surface area contributed by atoms with E-state index >= 15 is 0 Å². The molecule has 0 radical (unpaired) electrons. The maximum atomic E-state index is 12.0. The Morgan fingerprint density at radius 2 is 2.24 bits per heavy atom. The molecule has 3 aromatic rings. The van der Waals surface area contributed by atoms with Crippen molar-refractivity contribution in [1.29, 1.82) is 0 Å². The topological polar surface area (TPSA) is 94.7 Å². The highest BCUT2D eigenvalue weighted by Gasteiger charge is 2.16. The molecular formula is C11H12N6O2S2. The molecule has 3 aromatic heterocycles. The first-order valence-electron chi connectivity index (χ1n) is 5.97. The van der Waals surface area contributed by atoms with Gasteiger partial charge in [-0.2, -0.15) is 16.4 Å². The Bertz CT molecular complexity index is 834. The second-order valence-electron chi connectivity index (χ2n) is 4.31. The molecule has 0 bridgehead atoms. The smallest absolute Gasteiger partial charge is 0.244 e. The molecule has 8 nitrogen and oxygen atoms in total. The number of aromatic nitrogens is 5. The van der Waals surface area contributed by atoms with Crippen LogP contribution in [0.1, 0.15) is 5.69 Å². The number of thiophene rings is 1. The van der Waals surface area contributed by atoms with Crippen LogP contribution >= 0.6 is 11.3 Å². The summed E-state index contributed by atoms with van der Waals surface area (Å²) in [4.78, 5) is 0.121. The van der Waals surface area contributed by atoms with Crippen LogP contribution in [0.25, 0.3) is 5.69 Å². The molecule has 3 heterocycles. The number of aryl methyl sites for hydroxylation is 1. The second kappa shape index (κ2) is 5.39. The molecule has 0 fully saturated rings. The Kier molecular flexibility index (Phi) is 3.57. The average Bonchev–Trinajstić information content (AvgIpc) is 3.17. The molecule has 3 rings (SSSR count). The van der Waals surface area contributed by atoms with E-state index in [-0.39, 0.29) is 11.4 Å². The van der Waals surface area contributed by atoms with Gasteiger partial charge in [-0.1, -0.05) is 5.21 Å². The van der Waals surface area contributed by atoms with Crippen molar-refractivity contribution in [2.45, 2.75) is 11.4 Å². The van der Waals surface area contributed by atoms with Crippen LogP contribution in [0.5, 0.6) is 0 Å². The van der Waals surface area contributed by atoms with E-state index in [9.17, 15) is 8.42 Å². The number of nitrogens with zero attached hydrogens (tertiary/aromatic N) is 5. The molecule has 0 aliphatic heterocycles. The molecule has 21 heavy (non-hydrogen) atoms. The minimum Gasteiger partial charge on any atom is -0.274 e. The molecule has 0 aromatic carbocycles. The molecule has 10 heteroatoms. The molecule has 0 atom stereocenters. The largest absolute Gasteiger partial charge is 0.274 e. The van der Waals surface area contributed by atoms with E-state index in [4.69, 9.17) is 0 Å². The lowest BCUT2D eigenvalue weighted by Gasteiger charge is -2.01. The lowest BCUT2D eigenvalue weighted by molar-refractivity contribution is 0.580. The Morgan fingerprint density at radius 1 is 1.38 bits per heavy atom. The van der Waals surface area contributed by atoms with Crippen LogP contribution in [0.2, 0.25) is 0 Å². The normalized spacial score (nSPS) is 11.9. The molecule has 0 saturated carbocycles. The second-order valence-corrected chi connectivity index (χ2v) is 6.86. The quantitative estimate of drug-likeness (QED) is 0.739. The first kappa shape index (κ1) is 13.9. The van der Waals surface area contributed by atoms with Gasteiger partial charge < -0.3 is 0 Å². The van der Waals surface area contributed by atoms with Crippen molar-refractivity contribution < 1.29 is 8.42 Å². The van der Waals surface area contributed by atoms with E-state index in [2.05, 4.69) is 20.1 Å². The fraction of sp³-hybridized carbons (Fsp3) is 0.182. The van der Waals surface area contributed by atoms with Crippen LogP contribution in [0.15, 0.2) is 40.3 Å². The van der Waals surface area contributed by atoms with Gasteiger partial charge in [0, 0.05) is 18.6 Å². The first-order valence-corrected chi connectivity index (χ1v) is 8.39. The van der Waals surface area contributed by atoms with Gasteiger partial charge in [0.1, 0.15) is 4.90 Å². The van der Waals surface area contributed by atoms with Crippen LogP contribution < -0.4 is 4.72 Å². The zero-order chi connectivity index (χ0) is 14.9. The summed E-state index contributed by atoms with van der Waals surface area (Å²) in [6, 6.07) is 1.91. The Hall–Kier alpha value is -2.04. The van der Waals surface area contributed by atoms with Gasteiger partial charge in [0.05, 0.1) is 30.3 Å². The number of nitrogens with one attached hydrogen (secondary N) is 1. The third-order valence-corrected chi connectivity index (χ3v) is 4.77. The summed E-state index contributed by atoms with van der Waals surface area (Å²) in [7, 11) is -1.93. The first-order chi connectivity index (χ1) is 10.0. The third-order valence-electron chi connectivity index (χ3n) is 2.75. The van der Waals surface area contributed by atoms with Crippen LogP contribution in [-0.4, -0.2) is 33.2 Å². The van der Waals surface area contributed by atoms with Crippen molar-refractivity contribution in [3.63, 3.8) is 0 Å². The highest BCUT2D eigenvalue weighted by Crippen LogP contribution is 2.11. The number of sulfonamides is 1. The Balaban J connectivity index is 1.71. The molecule has 0 amide bonds. The van der Waals surface area contributed by atoms with Gasteiger partial charge in [0.15, 0.2) is 0 Å². The SMILES string of the molecule is Cn1cc(S(=O)(=O)NCc2cn(-c3ccsc3)nn2)cn1. The van der Waals surface area contributed by atoms with Gasteiger partial charge in [-0.3, -0.25) is 4.68 Å². The number of hydrogen-bond donors (Lipinski definition) is 1. The summed E-state index contributed by atoms with van der Waals surface area (Å²) >= 11 is 1.55. The maximum Gasteiger partial charge on any atom is 0.244 e. The van der Waals surface area contributed by atoms with Gasteiger partial charge in [-0.25, -0.2) is 17.8 Å². The summed E-state index contributed by atoms with van der Waals surface area (Å²) in [5.41, 5.74) is 1.43. The molecule has 0 aliphatic rings.